The van der Waals surface area contributed by atoms with Gasteiger partial charge in [0.25, 0.3) is 11.8 Å². The van der Waals surface area contributed by atoms with Crippen LogP contribution in [0, 0.1) is 11.7 Å². The summed E-state index contributed by atoms with van der Waals surface area (Å²) >= 11 is 0. The van der Waals surface area contributed by atoms with Crippen LogP contribution in [0.25, 0.3) is 21.7 Å². The van der Waals surface area contributed by atoms with Crippen LogP contribution in [-0.2, 0) is 24.4 Å². The normalized spacial score (nSPS) is 26.2. The summed E-state index contributed by atoms with van der Waals surface area (Å²) < 4.78 is 97.0. The number of sulfonamides is 1. The van der Waals surface area contributed by atoms with Crippen molar-refractivity contribution in [2.75, 3.05) is 6.54 Å². The van der Waals surface area contributed by atoms with Crippen LogP contribution in [0.1, 0.15) is 75.3 Å². The summed E-state index contributed by atoms with van der Waals surface area (Å²) in [5.74, 6) is -5.28. The summed E-state index contributed by atoms with van der Waals surface area (Å²) in [6, 6.07) is 6.00. The Kier molecular flexibility index (Phi) is 10.5. The molecule has 8 rings (SSSR count). The molecule has 5 atom stereocenters. The quantitative estimate of drug-likeness (QED) is 0.123. The third kappa shape index (κ3) is 8.20. The van der Waals surface area contributed by atoms with E-state index in [0.29, 0.717) is 49.3 Å². The number of carbonyl (C=O) groups excluding carboxylic acids is 4. The number of fused-ring (bicyclic) bond motifs is 5. The number of nitrogens with zero attached hydrogens (tertiary/aromatic N) is 3. The summed E-state index contributed by atoms with van der Waals surface area (Å²) in [5, 5.41) is 9.91. The fraction of sp³-hybridized carbons (Fsp3) is 0.450. The van der Waals surface area contributed by atoms with E-state index >= 15 is 0 Å². The maximum atomic E-state index is 14.7. The summed E-state index contributed by atoms with van der Waals surface area (Å²) in [5.41, 5.74) is -1.65. The molecule has 0 radical (unpaired) electrons. The van der Waals surface area contributed by atoms with Gasteiger partial charge in [-0.2, -0.15) is 0 Å². The molecule has 2 aliphatic heterocycles. The molecule has 318 valence electrons. The molecule has 0 unspecified atom stereocenters. The van der Waals surface area contributed by atoms with Gasteiger partial charge in [0.15, 0.2) is 0 Å². The van der Waals surface area contributed by atoms with Gasteiger partial charge >= 0.3 is 6.36 Å². The maximum absolute atomic E-state index is 14.7. The van der Waals surface area contributed by atoms with Gasteiger partial charge < -0.3 is 29.5 Å². The molecule has 2 aromatic carbocycles. The summed E-state index contributed by atoms with van der Waals surface area (Å²) in [7, 11) is -4.09. The molecule has 4 amide bonds. The van der Waals surface area contributed by atoms with E-state index in [1.807, 2.05) is 6.08 Å². The predicted octanol–water partition coefficient (Wildman–Crippen LogP) is 4.95. The number of carbonyl (C=O) groups is 4. The second-order valence-electron chi connectivity index (χ2n) is 15.9. The third-order valence-corrected chi connectivity index (χ3v) is 13.8. The number of benzene rings is 2. The molecule has 2 aliphatic carbocycles. The zero-order valence-corrected chi connectivity index (χ0v) is 32.9. The highest BCUT2D eigenvalue weighted by Gasteiger charge is 2.63. The van der Waals surface area contributed by atoms with E-state index in [-0.39, 0.29) is 48.4 Å². The Balaban J connectivity index is 1.14. The minimum Gasteiger partial charge on any atom is -0.472 e. The highest BCUT2D eigenvalue weighted by molar-refractivity contribution is 7.91. The van der Waals surface area contributed by atoms with Crippen LogP contribution < -0.4 is 24.8 Å². The molecule has 1 saturated heterocycles. The fourth-order valence-corrected chi connectivity index (χ4v) is 9.20. The molecule has 3 fully saturated rings. The van der Waals surface area contributed by atoms with Gasteiger partial charge in [-0.3, -0.25) is 23.9 Å². The lowest BCUT2D eigenvalue weighted by atomic mass is 10.0. The van der Waals surface area contributed by atoms with E-state index in [0.717, 1.165) is 24.3 Å². The largest absolute Gasteiger partial charge is 0.573 e. The molecule has 4 aliphatic rings. The maximum Gasteiger partial charge on any atom is 0.573 e. The van der Waals surface area contributed by atoms with Crippen molar-refractivity contribution < 1.29 is 59.2 Å². The van der Waals surface area contributed by atoms with Crippen molar-refractivity contribution in [2.45, 2.75) is 99.5 Å². The number of aromatic nitrogens is 2. The molecule has 3 N–H and O–H groups in total. The number of nitrogens with one attached hydrogen (secondary N) is 3. The van der Waals surface area contributed by atoms with E-state index in [9.17, 15) is 45.2 Å². The van der Waals surface area contributed by atoms with Gasteiger partial charge in [0.2, 0.25) is 33.5 Å². The zero-order valence-electron chi connectivity index (χ0n) is 32.1. The summed E-state index contributed by atoms with van der Waals surface area (Å²) in [6.45, 7) is 1.24. The van der Waals surface area contributed by atoms with Gasteiger partial charge in [0.05, 0.1) is 23.0 Å². The molecule has 0 bridgehead atoms. The number of pyridine rings is 1. The van der Waals surface area contributed by atoms with Crippen molar-refractivity contribution in [1.29, 1.82) is 0 Å². The SMILES string of the molecule is CC1(S(=O)(=O)NC(=O)[C@@]23C[C@H]2/C=C\CCCCC[C@H](NC(=O)c2ccno2)C(=O)N2C[C@H](Oc4nc5cc(OC(F)(F)F)ccc5c5ccc(F)cc45)C[C@H]2C(=O)N3)CC1. The van der Waals surface area contributed by atoms with E-state index in [1.54, 1.807) is 6.08 Å². The lowest BCUT2D eigenvalue weighted by Crippen LogP contribution is -2.58. The van der Waals surface area contributed by atoms with Crippen LogP contribution in [-0.4, -0.2) is 88.5 Å². The molecule has 4 heterocycles. The second-order valence-corrected chi connectivity index (χ2v) is 18.1. The Morgan fingerprint density at radius 2 is 1.82 bits per heavy atom. The molecule has 0 spiro atoms. The Morgan fingerprint density at radius 3 is 2.55 bits per heavy atom. The molecule has 2 aromatic heterocycles. The van der Waals surface area contributed by atoms with Gasteiger partial charge in [-0.05, 0) is 75.1 Å². The standard InChI is InChI=1S/C40H40F4N6O9S/c1-38(14-15-38)60(55,56)49-37(54)39-20-22(39)7-5-3-2-4-6-8-29(46-34(52)32-13-16-45-59-32)36(53)50-21-25(19-31(50)33(51)48-39)57-35-28-17-23(41)9-11-26(28)27-12-10-24(18-30(27)47-35)58-40(42,43)44/h5,7,9-13,16-18,22,25,29,31H,2-4,6,8,14-15,19-21H2,1H3,(H,46,52)(H,48,51)(H,49,54)/b7-5-/t22-,25-,29+,31+,39-/m1/s1. The van der Waals surface area contributed by atoms with Crippen LogP contribution >= 0.6 is 0 Å². The van der Waals surface area contributed by atoms with Crippen molar-refractivity contribution >= 4 is 55.3 Å². The molecular weight excluding hydrogens is 817 g/mol. The lowest BCUT2D eigenvalue weighted by Gasteiger charge is -2.29. The lowest BCUT2D eigenvalue weighted by molar-refractivity contribution is -0.274. The molecular formula is C40H40F4N6O9S. The van der Waals surface area contributed by atoms with E-state index in [2.05, 4.69) is 30.2 Å². The fourth-order valence-electron chi connectivity index (χ4n) is 7.88. The molecule has 2 saturated carbocycles. The van der Waals surface area contributed by atoms with E-state index < -0.39 is 86.0 Å². The Labute approximate surface area is 340 Å². The van der Waals surface area contributed by atoms with Crippen LogP contribution in [0.4, 0.5) is 17.6 Å². The zero-order chi connectivity index (χ0) is 42.6. The predicted molar refractivity (Wildman–Crippen MR) is 204 cm³/mol. The van der Waals surface area contributed by atoms with Gasteiger partial charge in [-0.25, -0.2) is 17.8 Å². The van der Waals surface area contributed by atoms with Crippen molar-refractivity contribution in [3.05, 3.63) is 72.4 Å². The first-order chi connectivity index (χ1) is 28.4. The number of hydrogen-bond donors (Lipinski definition) is 3. The van der Waals surface area contributed by atoms with E-state index in [4.69, 9.17) is 9.26 Å². The van der Waals surface area contributed by atoms with Gasteiger partial charge in [0.1, 0.15) is 35.3 Å². The average molecular weight is 857 g/mol. The van der Waals surface area contributed by atoms with Crippen LogP contribution in [0.15, 0.2) is 65.3 Å². The van der Waals surface area contributed by atoms with E-state index in [1.165, 1.54) is 36.2 Å². The number of halogens is 4. The first kappa shape index (κ1) is 41.0. The number of hydrogen-bond acceptors (Lipinski definition) is 11. The van der Waals surface area contributed by atoms with Crippen molar-refractivity contribution in [3.8, 4) is 11.6 Å². The third-order valence-electron chi connectivity index (χ3n) is 11.6. The first-order valence-electron chi connectivity index (χ1n) is 19.5. The van der Waals surface area contributed by atoms with Crippen molar-refractivity contribution in [1.82, 2.24) is 30.4 Å². The smallest absolute Gasteiger partial charge is 0.472 e. The Hall–Kier alpha value is -5.79. The van der Waals surface area contributed by atoms with Gasteiger partial charge in [0, 0.05) is 35.2 Å². The van der Waals surface area contributed by atoms with Crippen molar-refractivity contribution in [2.24, 2.45) is 5.92 Å². The second kappa shape index (κ2) is 15.3. The highest BCUT2D eigenvalue weighted by atomic mass is 32.2. The number of rotatable bonds is 8. The number of alkyl halides is 3. The van der Waals surface area contributed by atoms with Crippen LogP contribution in [0.5, 0.6) is 11.6 Å². The first-order valence-corrected chi connectivity index (χ1v) is 21.0. The molecule has 15 nitrogen and oxygen atoms in total. The van der Waals surface area contributed by atoms with Gasteiger partial charge in [-0.1, -0.05) is 36.2 Å². The number of amides is 4. The Bertz CT molecular complexity index is 2510. The minimum atomic E-state index is -4.99. The highest BCUT2D eigenvalue weighted by Crippen LogP contribution is 2.47. The molecule has 20 heteroatoms. The van der Waals surface area contributed by atoms with Crippen molar-refractivity contribution in [3.63, 3.8) is 0 Å². The summed E-state index contributed by atoms with van der Waals surface area (Å²) in [6.07, 6.45) is 2.07. The monoisotopic (exact) mass is 856 g/mol. The topological polar surface area (TPSA) is 199 Å². The van der Waals surface area contributed by atoms with Crippen LogP contribution in [0.3, 0.4) is 0 Å². The Morgan fingerprint density at radius 1 is 1.03 bits per heavy atom. The minimum absolute atomic E-state index is 0.0125. The van der Waals surface area contributed by atoms with Crippen LogP contribution in [0.2, 0.25) is 0 Å². The summed E-state index contributed by atoms with van der Waals surface area (Å²) in [4.78, 5) is 61.8. The molecule has 60 heavy (non-hydrogen) atoms. The average Bonchev–Trinajstić information content (AvgIpc) is 3.93. The molecule has 4 aromatic rings. The van der Waals surface area contributed by atoms with Gasteiger partial charge in [-0.15, -0.1) is 13.2 Å². The number of ether oxygens (including phenoxy) is 2. The number of allylic oxidation sites excluding steroid dienone is 1.